The zero-order valence-corrected chi connectivity index (χ0v) is 11.6. The minimum atomic E-state index is 0.269. The molecule has 3 aromatic rings. The van der Waals surface area contributed by atoms with Crippen molar-refractivity contribution in [1.82, 2.24) is 19.9 Å². The normalized spacial score (nSPS) is 12.9. The van der Waals surface area contributed by atoms with Crippen molar-refractivity contribution < 1.29 is 4.63 Å². The van der Waals surface area contributed by atoms with Crippen LogP contribution in [0.1, 0.15) is 32.7 Å². The van der Waals surface area contributed by atoms with Crippen LogP contribution in [0.3, 0.4) is 0 Å². The zero-order valence-electron chi connectivity index (χ0n) is 11.6. The molecule has 0 radical (unpaired) electrons. The summed E-state index contributed by atoms with van der Waals surface area (Å²) in [4.78, 5) is 4.64. The third-order valence-electron chi connectivity index (χ3n) is 3.47. The Balaban J connectivity index is 2.25. The van der Waals surface area contributed by atoms with Crippen molar-refractivity contribution in [2.75, 3.05) is 5.73 Å². The van der Waals surface area contributed by atoms with Crippen molar-refractivity contribution in [3.63, 3.8) is 0 Å². The number of rotatable bonds is 4. The first-order valence-corrected chi connectivity index (χ1v) is 6.77. The standard InChI is InChI=1S/C14H17N5O/c1-3-6-9(2)19-11-8-5-4-7-10(11)16-14(19)12-13(15)18-20-17-12/h4-5,7-9H,3,6H2,1-2H3,(H2,15,18). The molecule has 0 bridgehead atoms. The summed E-state index contributed by atoms with van der Waals surface area (Å²) < 4.78 is 6.87. The first kappa shape index (κ1) is 12.7. The van der Waals surface area contributed by atoms with Crippen LogP contribution in [-0.4, -0.2) is 19.9 Å². The molecule has 0 aliphatic rings. The lowest BCUT2D eigenvalue weighted by atomic mass is 10.2. The van der Waals surface area contributed by atoms with Gasteiger partial charge < -0.3 is 10.3 Å². The fourth-order valence-corrected chi connectivity index (χ4v) is 2.56. The van der Waals surface area contributed by atoms with E-state index < -0.39 is 0 Å². The van der Waals surface area contributed by atoms with Crippen LogP contribution in [0.25, 0.3) is 22.6 Å². The number of benzene rings is 1. The van der Waals surface area contributed by atoms with Crippen LogP contribution in [0.2, 0.25) is 0 Å². The predicted octanol–water partition coefficient (Wildman–Crippen LogP) is 3.03. The lowest BCUT2D eigenvalue weighted by molar-refractivity contribution is 0.310. The highest BCUT2D eigenvalue weighted by Gasteiger charge is 2.21. The van der Waals surface area contributed by atoms with E-state index in [0.717, 1.165) is 23.9 Å². The van der Waals surface area contributed by atoms with Gasteiger partial charge in [-0.05, 0) is 35.8 Å². The van der Waals surface area contributed by atoms with Gasteiger partial charge in [-0.15, -0.1) is 0 Å². The van der Waals surface area contributed by atoms with Gasteiger partial charge in [0.25, 0.3) is 0 Å². The summed E-state index contributed by atoms with van der Waals surface area (Å²) in [7, 11) is 0. The van der Waals surface area contributed by atoms with E-state index in [9.17, 15) is 0 Å². The second-order valence-electron chi connectivity index (χ2n) is 4.93. The van der Waals surface area contributed by atoms with Crippen molar-refractivity contribution in [2.45, 2.75) is 32.7 Å². The van der Waals surface area contributed by atoms with Crippen LogP contribution in [0.4, 0.5) is 5.82 Å². The van der Waals surface area contributed by atoms with E-state index in [1.165, 1.54) is 0 Å². The molecule has 0 amide bonds. The summed E-state index contributed by atoms with van der Waals surface area (Å²) in [5.41, 5.74) is 8.32. The molecule has 20 heavy (non-hydrogen) atoms. The summed E-state index contributed by atoms with van der Waals surface area (Å²) in [6.07, 6.45) is 2.15. The first-order chi connectivity index (χ1) is 9.72. The maximum Gasteiger partial charge on any atom is 0.199 e. The van der Waals surface area contributed by atoms with E-state index in [-0.39, 0.29) is 5.82 Å². The van der Waals surface area contributed by atoms with Gasteiger partial charge in [0.05, 0.1) is 11.0 Å². The number of imidazole rings is 1. The summed E-state index contributed by atoms with van der Waals surface area (Å²) in [6, 6.07) is 8.32. The van der Waals surface area contributed by atoms with E-state index in [1.807, 2.05) is 18.2 Å². The van der Waals surface area contributed by atoms with Gasteiger partial charge in [0, 0.05) is 6.04 Å². The molecule has 0 spiro atoms. The smallest absolute Gasteiger partial charge is 0.199 e. The summed E-state index contributed by atoms with van der Waals surface area (Å²) in [5.74, 6) is 0.983. The third kappa shape index (κ3) is 1.93. The van der Waals surface area contributed by atoms with Crippen LogP contribution >= 0.6 is 0 Å². The van der Waals surface area contributed by atoms with E-state index in [1.54, 1.807) is 0 Å². The molecule has 3 rings (SSSR count). The van der Waals surface area contributed by atoms with Gasteiger partial charge in [-0.2, -0.15) is 0 Å². The molecule has 0 aliphatic carbocycles. The molecule has 6 heteroatoms. The largest absolute Gasteiger partial charge is 0.379 e. The first-order valence-electron chi connectivity index (χ1n) is 6.77. The number of anilines is 1. The van der Waals surface area contributed by atoms with Crippen LogP contribution in [0.15, 0.2) is 28.9 Å². The van der Waals surface area contributed by atoms with Gasteiger partial charge in [-0.1, -0.05) is 25.5 Å². The van der Waals surface area contributed by atoms with Crippen molar-refractivity contribution in [3.8, 4) is 11.5 Å². The molecule has 0 fully saturated rings. The topological polar surface area (TPSA) is 82.8 Å². The van der Waals surface area contributed by atoms with E-state index in [2.05, 4.69) is 39.8 Å². The Bertz CT molecular complexity index is 730. The number of aromatic nitrogens is 4. The Morgan fingerprint density at radius 1 is 1.30 bits per heavy atom. The summed E-state index contributed by atoms with van der Waals surface area (Å²) in [6.45, 7) is 4.34. The van der Waals surface area contributed by atoms with Crippen LogP contribution < -0.4 is 5.73 Å². The number of nitrogens with two attached hydrogens (primary N) is 1. The Morgan fingerprint density at radius 3 is 2.80 bits per heavy atom. The molecule has 6 nitrogen and oxygen atoms in total. The van der Waals surface area contributed by atoms with E-state index in [0.29, 0.717) is 17.6 Å². The van der Waals surface area contributed by atoms with E-state index in [4.69, 9.17) is 10.4 Å². The Kier molecular flexibility index (Phi) is 3.14. The molecule has 0 aliphatic heterocycles. The molecule has 0 saturated carbocycles. The number of nitrogen functional groups attached to an aromatic ring is 1. The van der Waals surface area contributed by atoms with E-state index >= 15 is 0 Å². The van der Waals surface area contributed by atoms with Crippen LogP contribution in [0, 0.1) is 0 Å². The van der Waals surface area contributed by atoms with Crippen LogP contribution in [0.5, 0.6) is 0 Å². The lowest BCUT2D eigenvalue weighted by Gasteiger charge is -2.15. The van der Waals surface area contributed by atoms with Gasteiger partial charge in [0.15, 0.2) is 17.3 Å². The van der Waals surface area contributed by atoms with Gasteiger partial charge >= 0.3 is 0 Å². The maximum absolute atomic E-state index is 5.82. The minimum absolute atomic E-state index is 0.269. The average molecular weight is 271 g/mol. The number of para-hydroxylation sites is 2. The fourth-order valence-electron chi connectivity index (χ4n) is 2.56. The number of nitrogens with zero attached hydrogens (tertiary/aromatic N) is 4. The highest BCUT2D eigenvalue weighted by Crippen LogP contribution is 2.31. The van der Waals surface area contributed by atoms with Gasteiger partial charge in [-0.3, -0.25) is 0 Å². The summed E-state index contributed by atoms with van der Waals surface area (Å²) >= 11 is 0. The van der Waals surface area contributed by atoms with Gasteiger partial charge in [0.2, 0.25) is 0 Å². The van der Waals surface area contributed by atoms with Gasteiger partial charge in [0.1, 0.15) is 0 Å². The molecule has 2 heterocycles. The third-order valence-corrected chi connectivity index (χ3v) is 3.47. The Morgan fingerprint density at radius 2 is 2.10 bits per heavy atom. The maximum atomic E-state index is 5.82. The van der Waals surface area contributed by atoms with Crippen molar-refractivity contribution in [2.24, 2.45) is 0 Å². The number of hydrogen-bond acceptors (Lipinski definition) is 5. The molecule has 1 unspecified atom stereocenters. The molecular formula is C14H17N5O. The second kappa shape index (κ2) is 4.96. The van der Waals surface area contributed by atoms with Crippen molar-refractivity contribution in [3.05, 3.63) is 24.3 Å². The van der Waals surface area contributed by atoms with Crippen LogP contribution in [-0.2, 0) is 0 Å². The number of hydrogen-bond donors (Lipinski definition) is 1. The SMILES string of the molecule is CCCC(C)n1c(-c2nonc2N)nc2ccccc21. The molecule has 104 valence electrons. The van der Waals surface area contributed by atoms with Crippen molar-refractivity contribution >= 4 is 16.9 Å². The Hall–Kier alpha value is -2.37. The zero-order chi connectivity index (χ0) is 14.1. The highest BCUT2D eigenvalue weighted by atomic mass is 16.6. The average Bonchev–Trinajstić information content (AvgIpc) is 3.01. The lowest BCUT2D eigenvalue weighted by Crippen LogP contribution is -2.07. The molecule has 1 aromatic carbocycles. The Labute approximate surface area is 116 Å². The minimum Gasteiger partial charge on any atom is -0.379 e. The second-order valence-corrected chi connectivity index (χ2v) is 4.93. The summed E-state index contributed by atoms with van der Waals surface area (Å²) in [5, 5.41) is 7.54. The quantitative estimate of drug-likeness (QED) is 0.788. The molecule has 0 saturated heterocycles. The molecule has 2 aromatic heterocycles. The molecule has 2 N–H and O–H groups in total. The monoisotopic (exact) mass is 271 g/mol. The fraction of sp³-hybridized carbons (Fsp3) is 0.357. The number of fused-ring (bicyclic) bond motifs is 1. The van der Waals surface area contributed by atoms with Crippen molar-refractivity contribution in [1.29, 1.82) is 0 Å². The predicted molar refractivity (Wildman–Crippen MR) is 77.1 cm³/mol. The molecule has 1 atom stereocenters. The molecular weight excluding hydrogens is 254 g/mol. The highest BCUT2D eigenvalue weighted by molar-refractivity contribution is 5.81. The van der Waals surface area contributed by atoms with Gasteiger partial charge in [-0.25, -0.2) is 9.61 Å².